The Morgan fingerprint density at radius 3 is 2.23 bits per heavy atom. The standard InChI is InChI=1S/C27H25N3O5/c1-27(25(32)33)15-30(16-27)24(31)12-17-10-11-18(13-28-17)29-26(34)35-14-23-21-8-4-2-6-19(21)20-7-3-5-9-22(20)23/h2-11,13,23H,12,14-16H2,1H3,(H,29,34)(H,32,33). The first-order valence-corrected chi connectivity index (χ1v) is 11.4. The van der Waals surface area contributed by atoms with Gasteiger partial charge in [0.1, 0.15) is 6.61 Å². The second-order valence-corrected chi connectivity index (χ2v) is 9.28. The van der Waals surface area contributed by atoms with Crippen molar-refractivity contribution in [3.8, 4) is 11.1 Å². The number of pyridine rings is 1. The quantitative estimate of drug-likeness (QED) is 0.564. The number of aliphatic carboxylic acids is 1. The van der Waals surface area contributed by atoms with E-state index in [9.17, 15) is 19.5 Å². The molecule has 1 aliphatic heterocycles. The van der Waals surface area contributed by atoms with Crippen molar-refractivity contribution in [3.63, 3.8) is 0 Å². The fourth-order valence-electron chi connectivity index (χ4n) is 4.73. The van der Waals surface area contributed by atoms with Gasteiger partial charge in [-0.2, -0.15) is 0 Å². The molecule has 8 heteroatoms. The number of aromatic nitrogens is 1. The number of rotatable bonds is 6. The van der Waals surface area contributed by atoms with Crippen LogP contribution < -0.4 is 5.32 Å². The molecule has 2 N–H and O–H groups in total. The van der Waals surface area contributed by atoms with E-state index in [1.807, 2.05) is 24.3 Å². The molecule has 2 heterocycles. The summed E-state index contributed by atoms with van der Waals surface area (Å²) >= 11 is 0. The van der Waals surface area contributed by atoms with Crippen LogP contribution in [0.15, 0.2) is 66.9 Å². The molecule has 0 unspecified atom stereocenters. The van der Waals surface area contributed by atoms with Crippen LogP contribution in [0.5, 0.6) is 0 Å². The zero-order chi connectivity index (χ0) is 24.6. The Kier molecular flexibility index (Phi) is 5.72. The minimum Gasteiger partial charge on any atom is -0.481 e. The van der Waals surface area contributed by atoms with Gasteiger partial charge in [0.05, 0.1) is 23.7 Å². The molecule has 2 aliphatic rings. The van der Waals surface area contributed by atoms with E-state index in [1.165, 1.54) is 11.1 Å². The molecular weight excluding hydrogens is 446 g/mol. The number of amides is 2. The van der Waals surface area contributed by atoms with Crippen LogP contribution in [-0.2, 0) is 20.7 Å². The van der Waals surface area contributed by atoms with Crippen LogP contribution in [-0.4, -0.2) is 52.7 Å². The van der Waals surface area contributed by atoms with Crippen molar-refractivity contribution in [1.29, 1.82) is 0 Å². The number of hydrogen-bond acceptors (Lipinski definition) is 5. The molecule has 2 aromatic carbocycles. The molecule has 0 radical (unpaired) electrons. The summed E-state index contributed by atoms with van der Waals surface area (Å²) in [6, 6.07) is 19.6. The smallest absolute Gasteiger partial charge is 0.411 e. The third-order valence-corrected chi connectivity index (χ3v) is 6.70. The van der Waals surface area contributed by atoms with Crippen molar-refractivity contribution in [2.45, 2.75) is 19.3 Å². The van der Waals surface area contributed by atoms with E-state index < -0.39 is 17.5 Å². The zero-order valence-electron chi connectivity index (χ0n) is 19.2. The van der Waals surface area contributed by atoms with Crippen molar-refractivity contribution >= 4 is 23.7 Å². The molecule has 0 bridgehead atoms. The number of nitrogens with zero attached hydrogens (tertiary/aromatic N) is 2. The van der Waals surface area contributed by atoms with Gasteiger partial charge < -0.3 is 14.7 Å². The first-order chi connectivity index (χ1) is 16.8. The molecule has 8 nitrogen and oxygen atoms in total. The summed E-state index contributed by atoms with van der Waals surface area (Å²) in [7, 11) is 0. The molecule has 1 saturated heterocycles. The molecule has 1 aromatic heterocycles. The Labute approximate surface area is 202 Å². The number of anilines is 1. The average Bonchev–Trinajstić information content (AvgIpc) is 3.15. The number of ether oxygens (including phenoxy) is 1. The molecule has 5 rings (SSSR count). The van der Waals surface area contributed by atoms with Crippen molar-refractivity contribution in [3.05, 3.63) is 83.7 Å². The number of likely N-dealkylation sites (tertiary alicyclic amines) is 1. The molecule has 178 valence electrons. The summed E-state index contributed by atoms with van der Waals surface area (Å²) in [4.78, 5) is 41.7. The Bertz CT molecular complexity index is 1250. The summed E-state index contributed by atoms with van der Waals surface area (Å²) < 4.78 is 5.54. The maximum atomic E-state index is 12.4. The largest absolute Gasteiger partial charge is 0.481 e. The van der Waals surface area contributed by atoms with Crippen LogP contribution in [0.2, 0.25) is 0 Å². The SMILES string of the molecule is CC1(C(=O)O)CN(C(=O)Cc2ccc(NC(=O)OCC3c4ccccc4-c4ccccc43)cn2)C1. The van der Waals surface area contributed by atoms with Gasteiger partial charge in [0.25, 0.3) is 0 Å². The van der Waals surface area contributed by atoms with E-state index in [0.717, 1.165) is 22.3 Å². The lowest BCUT2D eigenvalue weighted by atomic mass is 9.82. The second kappa shape index (κ2) is 8.87. The first-order valence-electron chi connectivity index (χ1n) is 11.4. The lowest BCUT2D eigenvalue weighted by molar-refractivity contribution is -0.163. The van der Waals surface area contributed by atoms with Crippen molar-refractivity contribution in [2.75, 3.05) is 25.0 Å². The molecule has 2 amide bonds. The second-order valence-electron chi connectivity index (χ2n) is 9.28. The monoisotopic (exact) mass is 471 g/mol. The fraction of sp³-hybridized carbons (Fsp3) is 0.259. The van der Waals surface area contributed by atoms with Gasteiger partial charge in [0.15, 0.2) is 0 Å². The minimum atomic E-state index is -0.900. The van der Waals surface area contributed by atoms with Gasteiger partial charge in [-0.05, 0) is 41.3 Å². The van der Waals surface area contributed by atoms with E-state index >= 15 is 0 Å². The lowest BCUT2D eigenvalue weighted by Crippen LogP contribution is -2.60. The Balaban J connectivity index is 1.14. The highest BCUT2D eigenvalue weighted by Crippen LogP contribution is 2.44. The normalized spacial score (nSPS) is 15.5. The van der Waals surface area contributed by atoms with E-state index in [2.05, 4.69) is 34.6 Å². The van der Waals surface area contributed by atoms with Gasteiger partial charge in [-0.25, -0.2) is 4.79 Å². The number of fused-ring (bicyclic) bond motifs is 3. The Morgan fingerprint density at radius 1 is 1.03 bits per heavy atom. The third-order valence-electron chi connectivity index (χ3n) is 6.70. The van der Waals surface area contributed by atoms with Crippen molar-refractivity contribution in [2.24, 2.45) is 5.41 Å². The highest BCUT2D eigenvalue weighted by atomic mass is 16.5. The summed E-state index contributed by atoms with van der Waals surface area (Å²) in [6.45, 7) is 2.23. The summed E-state index contributed by atoms with van der Waals surface area (Å²) in [5, 5.41) is 11.9. The van der Waals surface area contributed by atoms with Gasteiger partial charge in [0.2, 0.25) is 5.91 Å². The third kappa shape index (κ3) is 4.35. The number of carbonyl (C=O) groups is 3. The summed E-state index contributed by atoms with van der Waals surface area (Å²) in [6.07, 6.45) is 0.966. The van der Waals surface area contributed by atoms with Crippen LogP contribution in [0.4, 0.5) is 10.5 Å². The minimum absolute atomic E-state index is 0.0239. The maximum absolute atomic E-state index is 12.4. The first kappa shape index (κ1) is 22.6. The number of hydrogen-bond donors (Lipinski definition) is 2. The van der Waals surface area contributed by atoms with Crippen LogP contribution in [0, 0.1) is 5.41 Å². The van der Waals surface area contributed by atoms with Crippen LogP contribution in [0.3, 0.4) is 0 Å². The number of carbonyl (C=O) groups excluding carboxylic acids is 2. The molecule has 0 spiro atoms. The molecule has 0 saturated carbocycles. The molecule has 0 atom stereocenters. The highest BCUT2D eigenvalue weighted by molar-refractivity contribution is 5.86. The average molecular weight is 472 g/mol. The topological polar surface area (TPSA) is 109 Å². The van der Waals surface area contributed by atoms with Gasteiger partial charge in [0, 0.05) is 24.7 Å². The Morgan fingerprint density at radius 2 is 1.66 bits per heavy atom. The van der Waals surface area contributed by atoms with E-state index in [0.29, 0.717) is 11.4 Å². The fourth-order valence-corrected chi connectivity index (χ4v) is 4.73. The van der Waals surface area contributed by atoms with Gasteiger partial charge in [-0.3, -0.25) is 19.9 Å². The number of nitrogens with one attached hydrogen (secondary N) is 1. The van der Waals surface area contributed by atoms with E-state index in [4.69, 9.17) is 4.74 Å². The van der Waals surface area contributed by atoms with E-state index in [-0.39, 0.29) is 37.9 Å². The predicted octanol–water partition coefficient (Wildman–Crippen LogP) is 3.92. The number of carboxylic acids is 1. The summed E-state index contributed by atoms with van der Waals surface area (Å²) in [5.74, 6) is -1.10. The maximum Gasteiger partial charge on any atom is 0.411 e. The zero-order valence-corrected chi connectivity index (χ0v) is 19.2. The molecular formula is C27H25N3O5. The Hall–Kier alpha value is -4.20. The highest BCUT2D eigenvalue weighted by Gasteiger charge is 2.47. The van der Waals surface area contributed by atoms with Crippen LogP contribution in [0.25, 0.3) is 11.1 Å². The van der Waals surface area contributed by atoms with Crippen molar-refractivity contribution < 1.29 is 24.2 Å². The lowest BCUT2D eigenvalue weighted by Gasteiger charge is -2.44. The van der Waals surface area contributed by atoms with Crippen molar-refractivity contribution in [1.82, 2.24) is 9.88 Å². The summed E-state index contributed by atoms with van der Waals surface area (Å²) in [5.41, 5.74) is 4.73. The molecule has 1 fully saturated rings. The van der Waals surface area contributed by atoms with Gasteiger partial charge in [-0.1, -0.05) is 48.5 Å². The molecule has 35 heavy (non-hydrogen) atoms. The van der Waals surface area contributed by atoms with E-state index in [1.54, 1.807) is 19.1 Å². The van der Waals surface area contributed by atoms with Crippen LogP contribution >= 0.6 is 0 Å². The van der Waals surface area contributed by atoms with Gasteiger partial charge >= 0.3 is 12.1 Å². The number of benzene rings is 2. The van der Waals surface area contributed by atoms with Crippen LogP contribution in [0.1, 0.15) is 29.7 Å². The number of carboxylic acid groups (broad SMARTS) is 1. The van der Waals surface area contributed by atoms with Gasteiger partial charge in [-0.15, -0.1) is 0 Å². The predicted molar refractivity (Wildman–Crippen MR) is 129 cm³/mol. The molecule has 3 aromatic rings. The molecule has 1 aliphatic carbocycles.